The quantitative estimate of drug-likeness (QED) is 0.833. The monoisotopic (exact) mass is 310 g/mol. The number of sulfonamides is 1. The number of benzene rings is 1. The number of hydrogen-bond acceptors (Lipinski definition) is 6. The second-order valence-electron chi connectivity index (χ2n) is 4.86. The fraction of sp³-hybridized carbons (Fsp3) is 0.385. The van der Waals surface area contributed by atoms with Crippen molar-refractivity contribution < 1.29 is 12.9 Å². The molecule has 0 bridgehead atoms. The Kier molecular flexibility index (Phi) is 4.59. The lowest BCUT2D eigenvalue weighted by Gasteiger charge is -2.04. The van der Waals surface area contributed by atoms with Crippen molar-refractivity contribution in [3.8, 4) is 11.5 Å². The lowest BCUT2D eigenvalue weighted by Crippen LogP contribution is -2.24. The van der Waals surface area contributed by atoms with Gasteiger partial charge in [0.1, 0.15) is 0 Å². The normalized spacial score (nSPS) is 13.1. The van der Waals surface area contributed by atoms with Gasteiger partial charge in [0.2, 0.25) is 10.0 Å². The van der Waals surface area contributed by atoms with Crippen LogP contribution >= 0.6 is 0 Å². The SMILES string of the molecule is CNC(C)Cc1noc(-c2ccc(NS(C)(=O)=O)cc2)n1. The van der Waals surface area contributed by atoms with Gasteiger partial charge in [-0.25, -0.2) is 8.42 Å². The van der Waals surface area contributed by atoms with E-state index in [9.17, 15) is 8.42 Å². The number of nitrogens with zero attached hydrogens (tertiary/aromatic N) is 2. The summed E-state index contributed by atoms with van der Waals surface area (Å²) in [6.45, 7) is 2.03. The Bertz CT molecular complexity index is 694. The molecule has 7 nitrogen and oxygen atoms in total. The first kappa shape index (κ1) is 15.5. The first-order valence-electron chi connectivity index (χ1n) is 6.45. The molecule has 1 unspecified atom stereocenters. The number of nitrogens with one attached hydrogen (secondary N) is 2. The molecular formula is C13H18N4O3S. The van der Waals surface area contributed by atoms with E-state index in [1.165, 1.54) is 0 Å². The molecule has 0 radical (unpaired) electrons. The van der Waals surface area contributed by atoms with Gasteiger partial charge in [-0.2, -0.15) is 4.98 Å². The van der Waals surface area contributed by atoms with Crippen molar-refractivity contribution >= 4 is 15.7 Å². The van der Waals surface area contributed by atoms with Gasteiger partial charge in [0.25, 0.3) is 5.89 Å². The predicted octanol–water partition coefficient (Wildman–Crippen LogP) is 1.26. The molecule has 2 N–H and O–H groups in total. The molecule has 0 spiro atoms. The van der Waals surface area contributed by atoms with E-state index < -0.39 is 10.0 Å². The molecular weight excluding hydrogens is 292 g/mol. The van der Waals surface area contributed by atoms with Crippen molar-refractivity contribution in [2.45, 2.75) is 19.4 Å². The van der Waals surface area contributed by atoms with Gasteiger partial charge in [-0.15, -0.1) is 0 Å². The van der Waals surface area contributed by atoms with Gasteiger partial charge in [-0.1, -0.05) is 5.16 Å². The number of rotatable bonds is 6. The zero-order valence-corrected chi connectivity index (χ0v) is 12.9. The molecule has 0 fully saturated rings. The highest BCUT2D eigenvalue weighted by atomic mass is 32.2. The lowest BCUT2D eigenvalue weighted by atomic mass is 10.2. The Balaban J connectivity index is 2.12. The van der Waals surface area contributed by atoms with Crippen LogP contribution in [0.25, 0.3) is 11.5 Å². The van der Waals surface area contributed by atoms with Crippen LogP contribution in [0, 0.1) is 0 Å². The molecule has 0 amide bonds. The summed E-state index contributed by atoms with van der Waals surface area (Å²) >= 11 is 0. The van der Waals surface area contributed by atoms with Crippen LogP contribution in [0.3, 0.4) is 0 Å². The highest BCUT2D eigenvalue weighted by Gasteiger charge is 2.11. The van der Waals surface area contributed by atoms with Crippen LogP contribution in [0.5, 0.6) is 0 Å². The molecule has 1 atom stereocenters. The summed E-state index contributed by atoms with van der Waals surface area (Å²) in [6, 6.07) is 7.02. The minimum atomic E-state index is -3.28. The zero-order valence-electron chi connectivity index (χ0n) is 12.1. The number of aromatic nitrogens is 2. The largest absolute Gasteiger partial charge is 0.334 e. The van der Waals surface area contributed by atoms with E-state index in [0.29, 0.717) is 23.8 Å². The molecule has 114 valence electrons. The van der Waals surface area contributed by atoms with E-state index in [0.717, 1.165) is 11.8 Å². The Labute approximate surface area is 123 Å². The molecule has 1 heterocycles. The van der Waals surface area contributed by atoms with Crippen LogP contribution in [0.4, 0.5) is 5.69 Å². The summed E-state index contributed by atoms with van der Waals surface area (Å²) in [6.07, 6.45) is 1.78. The first-order valence-corrected chi connectivity index (χ1v) is 8.34. The third-order valence-electron chi connectivity index (χ3n) is 2.88. The van der Waals surface area contributed by atoms with Crippen LogP contribution < -0.4 is 10.0 Å². The van der Waals surface area contributed by atoms with E-state index >= 15 is 0 Å². The maximum atomic E-state index is 11.1. The molecule has 8 heteroatoms. The Hall–Kier alpha value is -1.93. The molecule has 1 aromatic carbocycles. The second-order valence-corrected chi connectivity index (χ2v) is 6.61. The number of hydrogen-bond donors (Lipinski definition) is 2. The smallest absolute Gasteiger partial charge is 0.257 e. The van der Waals surface area contributed by atoms with Gasteiger partial charge in [0.15, 0.2) is 5.82 Å². The maximum Gasteiger partial charge on any atom is 0.257 e. The Morgan fingerprint density at radius 1 is 1.29 bits per heavy atom. The third kappa shape index (κ3) is 4.54. The van der Waals surface area contributed by atoms with Crippen LogP contribution in [0.15, 0.2) is 28.8 Å². The van der Waals surface area contributed by atoms with Gasteiger partial charge in [0.05, 0.1) is 6.26 Å². The Morgan fingerprint density at radius 2 is 1.95 bits per heavy atom. The van der Waals surface area contributed by atoms with Crippen LogP contribution in [0.1, 0.15) is 12.7 Å². The second kappa shape index (κ2) is 6.23. The van der Waals surface area contributed by atoms with E-state index in [1.54, 1.807) is 24.3 Å². The Morgan fingerprint density at radius 3 is 2.52 bits per heavy atom. The molecule has 0 aliphatic carbocycles. The van der Waals surface area contributed by atoms with E-state index in [4.69, 9.17) is 4.52 Å². The minimum absolute atomic E-state index is 0.261. The van der Waals surface area contributed by atoms with Crippen LogP contribution in [0.2, 0.25) is 0 Å². The van der Waals surface area contributed by atoms with Crippen molar-refractivity contribution in [1.82, 2.24) is 15.5 Å². The van der Waals surface area contributed by atoms with Crippen molar-refractivity contribution in [2.75, 3.05) is 18.0 Å². The minimum Gasteiger partial charge on any atom is -0.334 e. The topological polar surface area (TPSA) is 97.1 Å². The third-order valence-corrected chi connectivity index (χ3v) is 3.49. The summed E-state index contributed by atoms with van der Waals surface area (Å²) in [7, 11) is -1.40. The number of anilines is 1. The van der Waals surface area contributed by atoms with Crippen molar-refractivity contribution in [3.63, 3.8) is 0 Å². The maximum absolute atomic E-state index is 11.1. The van der Waals surface area contributed by atoms with Gasteiger partial charge >= 0.3 is 0 Å². The van der Waals surface area contributed by atoms with Crippen LogP contribution in [-0.2, 0) is 16.4 Å². The highest BCUT2D eigenvalue weighted by Crippen LogP contribution is 2.20. The zero-order chi connectivity index (χ0) is 15.5. The van der Waals surface area contributed by atoms with E-state index in [-0.39, 0.29) is 6.04 Å². The van der Waals surface area contributed by atoms with Gasteiger partial charge in [0, 0.05) is 23.7 Å². The predicted molar refractivity (Wildman–Crippen MR) is 80.4 cm³/mol. The average Bonchev–Trinajstić information content (AvgIpc) is 2.86. The van der Waals surface area contributed by atoms with E-state index in [2.05, 4.69) is 20.2 Å². The first-order chi connectivity index (χ1) is 9.87. The molecule has 0 aliphatic heterocycles. The molecule has 1 aromatic heterocycles. The van der Waals surface area contributed by atoms with Gasteiger partial charge < -0.3 is 9.84 Å². The van der Waals surface area contributed by atoms with Crippen LogP contribution in [-0.4, -0.2) is 37.9 Å². The standard InChI is InChI=1S/C13H18N4O3S/c1-9(14-2)8-12-15-13(20-16-12)10-4-6-11(7-5-10)17-21(3,18)19/h4-7,9,14,17H,8H2,1-3H3. The summed E-state index contributed by atoms with van der Waals surface area (Å²) in [5.41, 5.74) is 1.23. The molecule has 0 aliphatic rings. The molecule has 21 heavy (non-hydrogen) atoms. The molecule has 2 rings (SSSR count). The average molecular weight is 310 g/mol. The van der Waals surface area contributed by atoms with Crippen molar-refractivity contribution in [3.05, 3.63) is 30.1 Å². The van der Waals surface area contributed by atoms with Crippen molar-refractivity contribution in [1.29, 1.82) is 0 Å². The highest BCUT2D eigenvalue weighted by molar-refractivity contribution is 7.92. The molecule has 2 aromatic rings. The van der Waals surface area contributed by atoms with Gasteiger partial charge in [-0.3, -0.25) is 4.72 Å². The summed E-state index contributed by atoms with van der Waals surface area (Å²) < 4.78 is 29.9. The van der Waals surface area contributed by atoms with Crippen molar-refractivity contribution in [2.24, 2.45) is 0 Å². The van der Waals surface area contributed by atoms with Gasteiger partial charge in [-0.05, 0) is 38.2 Å². The molecule has 0 saturated heterocycles. The van der Waals surface area contributed by atoms with E-state index in [1.807, 2.05) is 14.0 Å². The number of likely N-dealkylation sites (N-methyl/N-ethyl adjacent to an activating group) is 1. The fourth-order valence-corrected chi connectivity index (χ4v) is 2.29. The summed E-state index contributed by atoms with van der Waals surface area (Å²) in [5, 5.41) is 7.03. The summed E-state index contributed by atoms with van der Waals surface area (Å²) in [5.74, 6) is 1.05. The summed E-state index contributed by atoms with van der Waals surface area (Å²) in [4.78, 5) is 4.32. The molecule has 0 saturated carbocycles. The fourth-order valence-electron chi connectivity index (χ4n) is 1.72. The lowest BCUT2D eigenvalue weighted by molar-refractivity contribution is 0.418.